The van der Waals surface area contributed by atoms with Gasteiger partial charge >= 0.3 is 0 Å². The third kappa shape index (κ3) is 1.26. The Balaban J connectivity index is 1.98. The minimum atomic E-state index is -0.130. The van der Waals surface area contributed by atoms with Crippen LogP contribution in [0.1, 0.15) is 45.6 Å². The van der Waals surface area contributed by atoms with Gasteiger partial charge in [0.15, 0.2) is 0 Å². The molecule has 0 radical (unpaired) electrons. The Morgan fingerprint density at radius 2 is 1.76 bits per heavy atom. The molecule has 3 aliphatic rings. The van der Waals surface area contributed by atoms with Gasteiger partial charge in [0, 0.05) is 5.41 Å². The molecule has 0 saturated heterocycles. The van der Waals surface area contributed by atoms with E-state index in [9.17, 15) is 0 Å². The van der Waals surface area contributed by atoms with E-state index in [1.54, 1.807) is 0 Å². The first kappa shape index (κ1) is 13.2. The highest BCUT2D eigenvalue weighted by Gasteiger charge is 2.76. The maximum absolute atomic E-state index is 4.97. The fourth-order valence-corrected chi connectivity index (χ4v) is 5.72. The Bertz CT molecular complexity index is 616. The summed E-state index contributed by atoms with van der Waals surface area (Å²) in [6.45, 7) is 6.89. The molecular formula is C19H24N2. The fourth-order valence-electron chi connectivity index (χ4n) is 5.72. The van der Waals surface area contributed by atoms with E-state index in [1.807, 2.05) is 0 Å². The molecule has 0 aromatic heterocycles. The maximum Gasteiger partial charge on any atom is 0.117 e. The summed E-state index contributed by atoms with van der Waals surface area (Å²) < 4.78 is 0. The Labute approximate surface area is 127 Å². The number of rotatable bonds is 2. The smallest absolute Gasteiger partial charge is 0.117 e. The number of hydrogen-bond acceptors (Lipinski definition) is 2. The second kappa shape index (κ2) is 4.06. The molecule has 2 saturated carbocycles. The molecule has 2 fully saturated rings. The van der Waals surface area contributed by atoms with Crippen molar-refractivity contribution in [3.05, 3.63) is 48.0 Å². The van der Waals surface area contributed by atoms with Crippen LogP contribution < -0.4 is 0 Å². The van der Waals surface area contributed by atoms with E-state index in [1.165, 1.54) is 24.8 Å². The molecule has 4 atom stereocenters. The van der Waals surface area contributed by atoms with Crippen molar-refractivity contribution in [2.45, 2.75) is 51.1 Å². The third-order valence-corrected chi connectivity index (χ3v) is 6.58. The van der Waals surface area contributed by atoms with Crippen LogP contribution in [0.15, 0.2) is 52.7 Å². The molecule has 110 valence electrons. The molecular weight excluding hydrogens is 256 g/mol. The number of hydrogen-bond donors (Lipinski definition) is 0. The number of fused-ring (bicyclic) bond motifs is 5. The SMILES string of the molecule is C/C=C/[C@]12N=N[C@](c3ccccc3)([C@@H]3CCC[C@@H]31)C2(C)C. The molecule has 21 heavy (non-hydrogen) atoms. The second-order valence-electron chi connectivity index (χ2n) is 7.43. The Morgan fingerprint density at radius 3 is 2.48 bits per heavy atom. The minimum Gasteiger partial charge on any atom is -0.181 e. The van der Waals surface area contributed by atoms with Crippen molar-refractivity contribution in [3.8, 4) is 0 Å². The zero-order valence-electron chi connectivity index (χ0n) is 13.2. The van der Waals surface area contributed by atoms with Crippen molar-refractivity contribution >= 4 is 0 Å². The lowest BCUT2D eigenvalue weighted by Gasteiger charge is -2.40. The predicted molar refractivity (Wildman–Crippen MR) is 85.1 cm³/mol. The molecule has 1 heterocycles. The van der Waals surface area contributed by atoms with Crippen LogP contribution in [-0.4, -0.2) is 5.54 Å². The van der Waals surface area contributed by atoms with Crippen LogP contribution in [0, 0.1) is 17.3 Å². The zero-order valence-corrected chi connectivity index (χ0v) is 13.2. The number of allylic oxidation sites excluding steroid dienone is 1. The van der Waals surface area contributed by atoms with Crippen LogP contribution in [0.3, 0.4) is 0 Å². The maximum atomic E-state index is 4.97. The number of azo groups is 1. The van der Waals surface area contributed by atoms with Crippen molar-refractivity contribution in [2.24, 2.45) is 27.5 Å². The largest absolute Gasteiger partial charge is 0.181 e. The Kier molecular flexibility index (Phi) is 2.56. The summed E-state index contributed by atoms with van der Waals surface area (Å²) in [5.41, 5.74) is 1.18. The molecule has 2 bridgehead atoms. The van der Waals surface area contributed by atoms with E-state index in [0.29, 0.717) is 11.8 Å². The van der Waals surface area contributed by atoms with Gasteiger partial charge in [-0.2, -0.15) is 10.2 Å². The summed E-state index contributed by atoms with van der Waals surface area (Å²) in [6.07, 6.45) is 8.44. The summed E-state index contributed by atoms with van der Waals surface area (Å²) >= 11 is 0. The van der Waals surface area contributed by atoms with Crippen LogP contribution in [-0.2, 0) is 5.54 Å². The van der Waals surface area contributed by atoms with Crippen molar-refractivity contribution in [1.82, 2.24) is 0 Å². The van der Waals surface area contributed by atoms with Gasteiger partial charge in [-0.3, -0.25) is 0 Å². The molecule has 1 aliphatic heterocycles. The monoisotopic (exact) mass is 280 g/mol. The second-order valence-corrected chi connectivity index (χ2v) is 7.43. The molecule has 2 heteroatoms. The Morgan fingerprint density at radius 1 is 1.05 bits per heavy atom. The summed E-state index contributed by atoms with van der Waals surface area (Å²) in [6, 6.07) is 10.9. The Hall–Kier alpha value is -1.44. The average molecular weight is 280 g/mol. The molecule has 0 N–H and O–H groups in total. The van der Waals surface area contributed by atoms with Gasteiger partial charge in [0.25, 0.3) is 0 Å². The first-order chi connectivity index (χ1) is 10.1. The standard InChI is InChI=1S/C19H24N2/c1-4-13-18-15-11-8-12-16(15)19(21-20-18,17(18,2)3)14-9-6-5-7-10-14/h4-7,9-10,13,15-16H,8,11-12H2,1-3H3/b13-4+/t15-,16+,18-,19+/m0/s1. The van der Waals surface area contributed by atoms with Gasteiger partial charge in [-0.05, 0) is 37.2 Å². The summed E-state index contributed by atoms with van der Waals surface area (Å²) in [7, 11) is 0. The van der Waals surface area contributed by atoms with Gasteiger partial charge < -0.3 is 0 Å². The van der Waals surface area contributed by atoms with Gasteiger partial charge in [0.1, 0.15) is 11.1 Å². The lowest BCUT2D eigenvalue weighted by atomic mass is 9.63. The van der Waals surface area contributed by atoms with E-state index >= 15 is 0 Å². The van der Waals surface area contributed by atoms with Gasteiger partial charge in [-0.15, -0.1) is 0 Å². The highest BCUT2D eigenvalue weighted by Crippen LogP contribution is 2.74. The molecule has 1 aromatic rings. The highest BCUT2D eigenvalue weighted by molar-refractivity contribution is 5.42. The topological polar surface area (TPSA) is 24.7 Å². The predicted octanol–water partition coefficient (Wildman–Crippen LogP) is 5.12. The lowest BCUT2D eigenvalue weighted by Crippen LogP contribution is -2.45. The molecule has 0 amide bonds. The fraction of sp³-hybridized carbons (Fsp3) is 0.579. The first-order valence-corrected chi connectivity index (χ1v) is 8.23. The van der Waals surface area contributed by atoms with E-state index in [4.69, 9.17) is 10.2 Å². The van der Waals surface area contributed by atoms with Gasteiger partial charge in [0.2, 0.25) is 0 Å². The van der Waals surface area contributed by atoms with E-state index in [-0.39, 0.29) is 16.5 Å². The minimum absolute atomic E-state index is 0.0453. The zero-order chi connectivity index (χ0) is 14.7. The number of nitrogens with zero attached hydrogens (tertiary/aromatic N) is 2. The van der Waals surface area contributed by atoms with Crippen LogP contribution >= 0.6 is 0 Å². The van der Waals surface area contributed by atoms with Crippen LogP contribution in [0.4, 0.5) is 0 Å². The lowest BCUT2D eigenvalue weighted by molar-refractivity contribution is 0.164. The van der Waals surface area contributed by atoms with Crippen LogP contribution in [0.25, 0.3) is 0 Å². The van der Waals surface area contributed by atoms with Crippen LogP contribution in [0.5, 0.6) is 0 Å². The van der Waals surface area contributed by atoms with E-state index in [2.05, 4.69) is 63.3 Å². The third-order valence-electron chi connectivity index (χ3n) is 6.58. The molecule has 2 aliphatic carbocycles. The first-order valence-electron chi connectivity index (χ1n) is 8.23. The molecule has 2 nitrogen and oxygen atoms in total. The van der Waals surface area contributed by atoms with E-state index in [0.717, 1.165) is 0 Å². The summed E-state index contributed by atoms with van der Waals surface area (Å²) in [5, 5.41) is 9.87. The van der Waals surface area contributed by atoms with Crippen molar-refractivity contribution in [3.63, 3.8) is 0 Å². The average Bonchev–Trinajstić information content (AvgIpc) is 3.09. The summed E-state index contributed by atoms with van der Waals surface area (Å²) in [5.74, 6) is 1.30. The van der Waals surface area contributed by atoms with E-state index < -0.39 is 0 Å². The summed E-state index contributed by atoms with van der Waals surface area (Å²) in [4.78, 5) is 0. The molecule has 4 rings (SSSR count). The normalized spacial score (nSPS) is 42.8. The highest BCUT2D eigenvalue weighted by atomic mass is 15.3. The van der Waals surface area contributed by atoms with Crippen LogP contribution in [0.2, 0.25) is 0 Å². The quantitative estimate of drug-likeness (QED) is 0.672. The molecule has 1 aromatic carbocycles. The van der Waals surface area contributed by atoms with Crippen molar-refractivity contribution in [1.29, 1.82) is 0 Å². The van der Waals surface area contributed by atoms with Gasteiger partial charge in [-0.25, -0.2) is 0 Å². The molecule has 0 unspecified atom stereocenters. The van der Waals surface area contributed by atoms with Gasteiger partial charge in [0.05, 0.1) is 0 Å². The van der Waals surface area contributed by atoms with Crippen molar-refractivity contribution < 1.29 is 0 Å². The number of benzene rings is 1. The van der Waals surface area contributed by atoms with Gasteiger partial charge in [-0.1, -0.05) is 62.8 Å². The molecule has 0 spiro atoms. The van der Waals surface area contributed by atoms with Crippen molar-refractivity contribution in [2.75, 3.05) is 0 Å².